The van der Waals surface area contributed by atoms with Crippen molar-refractivity contribution in [1.82, 2.24) is 0 Å². The summed E-state index contributed by atoms with van der Waals surface area (Å²) in [6.07, 6.45) is -0.0652. The normalized spacial score (nSPS) is 14.9. The number of hydrogen-bond donors (Lipinski definition) is 1. The first-order valence-electron chi connectivity index (χ1n) is 4.37. The molecule has 2 N–H and O–H groups in total. The Balaban J connectivity index is 2.76. The van der Waals surface area contributed by atoms with E-state index in [4.69, 9.17) is 33.7 Å². The Bertz CT molecular complexity index is 295. The van der Waals surface area contributed by atoms with Gasteiger partial charge in [-0.15, -0.1) is 0 Å². The van der Waals surface area contributed by atoms with Gasteiger partial charge in [0.15, 0.2) is 0 Å². The third kappa shape index (κ3) is 3.37. The lowest BCUT2D eigenvalue weighted by atomic mass is 10.2. The summed E-state index contributed by atoms with van der Waals surface area (Å²) < 4.78 is 5.54. The minimum absolute atomic E-state index is 0.0345. The standard InChI is InChI=1S/C10H13Cl2NO/c1-6(13)7(2)14-10-4-8(11)3-9(12)5-10/h3-7H,13H2,1-2H3. The molecule has 0 fully saturated rings. The molecule has 0 aromatic heterocycles. The van der Waals surface area contributed by atoms with E-state index in [1.54, 1.807) is 18.2 Å². The number of halogens is 2. The highest BCUT2D eigenvalue weighted by Crippen LogP contribution is 2.25. The van der Waals surface area contributed by atoms with Crippen molar-refractivity contribution in [1.29, 1.82) is 0 Å². The Morgan fingerprint density at radius 1 is 1.14 bits per heavy atom. The third-order valence-corrected chi connectivity index (χ3v) is 2.33. The predicted molar refractivity (Wildman–Crippen MR) is 60.2 cm³/mol. The second-order valence-electron chi connectivity index (χ2n) is 3.29. The number of nitrogens with two attached hydrogens (primary N) is 1. The van der Waals surface area contributed by atoms with E-state index >= 15 is 0 Å². The Labute approximate surface area is 94.0 Å². The Morgan fingerprint density at radius 2 is 1.64 bits per heavy atom. The topological polar surface area (TPSA) is 35.2 Å². The summed E-state index contributed by atoms with van der Waals surface area (Å²) in [6, 6.07) is 5.05. The molecule has 0 saturated heterocycles. The van der Waals surface area contributed by atoms with Crippen LogP contribution in [-0.2, 0) is 0 Å². The van der Waals surface area contributed by atoms with Gasteiger partial charge in [-0.3, -0.25) is 0 Å². The van der Waals surface area contributed by atoms with Crippen LogP contribution in [0.2, 0.25) is 10.0 Å². The zero-order valence-electron chi connectivity index (χ0n) is 8.13. The molecule has 2 atom stereocenters. The fraction of sp³-hybridized carbons (Fsp3) is 0.400. The van der Waals surface area contributed by atoms with Gasteiger partial charge in [0.25, 0.3) is 0 Å². The van der Waals surface area contributed by atoms with Gasteiger partial charge in [0.05, 0.1) is 0 Å². The van der Waals surface area contributed by atoms with E-state index in [-0.39, 0.29) is 12.1 Å². The van der Waals surface area contributed by atoms with E-state index < -0.39 is 0 Å². The molecule has 1 rings (SSSR count). The smallest absolute Gasteiger partial charge is 0.122 e. The predicted octanol–water partition coefficient (Wildman–Crippen LogP) is 3.11. The van der Waals surface area contributed by atoms with E-state index in [0.717, 1.165) is 0 Å². The molecule has 0 bridgehead atoms. The van der Waals surface area contributed by atoms with E-state index in [9.17, 15) is 0 Å². The van der Waals surface area contributed by atoms with Gasteiger partial charge in [0.2, 0.25) is 0 Å². The zero-order valence-corrected chi connectivity index (χ0v) is 9.64. The highest BCUT2D eigenvalue weighted by atomic mass is 35.5. The van der Waals surface area contributed by atoms with E-state index in [2.05, 4.69) is 0 Å². The van der Waals surface area contributed by atoms with E-state index in [1.165, 1.54) is 0 Å². The van der Waals surface area contributed by atoms with Crippen LogP contribution in [0.3, 0.4) is 0 Å². The molecule has 0 saturated carbocycles. The van der Waals surface area contributed by atoms with E-state index in [0.29, 0.717) is 15.8 Å². The molecule has 0 radical (unpaired) electrons. The van der Waals surface area contributed by atoms with Crippen LogP contribution < -0.4 is 10.5 Å². The van der Waals surface area contributed by atoms with Crippen molar-refractivity contribution in [3.63, 3.8) is 0 Å². The van der Waals surface area contributed by atoms with Crippen molar-refractivity contribution < 1.29 is 4.74 Å². The van der Waals surface area contributed by atoms with Gasteiger partial charge < -0.3 is 10.5 Å². The van der Waals surface area contributed by atoms with Crippen molar-refractivity contribution in [2.45, 2.75) is 26.0 Å². The van der Waals surface area contributed by atoms with Crippen LogP contribution in [0.15, 0.2) is 18.2 Å². The third-order valence-electron chi connectivity index (χ3n) is 1.90. The molecule has 4 heteroatoms. The van der Waals surface area contributed by atoms with Crippen molar-refractivity contribution in [3.8, 4) is 5.75 Å². The second kappa shape index (κ2) is 4.87. The Morgan fingerprint density at radius 3 is 2.07 bits per heavy atom. The quantitative estimate of drug-likeness (QED) is 0.871. The van der Waals surface area contributed by atoms with E-state index in [1.807, 2.05) is 13.8 Å². The van der Waals surface area contributed by atoms with Crippen molar-refractivity contribution in [2.75, 3.05) is 0 Å². The minimum Gasteiger partial charge on any atom is -0.489 e. The SMILES string of the molecule is CC(N)C(C)Oc1cc(Cl)cc(Cl)c1. The molecule has 78 valence electrons. The van der Waals surface area contributed by atoms with Crippen molar-refractivity contribution in [2.24, 2.45) is 5.73 Å². The van der Waals surface area contributed by atoms with Gasteiger partial charge in [-0.1, -0.05) is 23.2 Å². The van der Waals surface area contributed by atoms with Crippen molar-refractivity contribution in [3.05, 3.63) is 28.2 Å². The highest BCUT2D eigenvalue weighted by Gasteiger charge is 2.09. The lowest BCUT2D eigenvalue weighted by Crippen LogP contribution is -2.33. The number of hydrogen-bond acceptors (Lipinski definition) is 2. The summed E-state index contributed by atoms with van der Waals surface area (Å²) in [4.78, 5) is 0. The summed E-state index contributed by atoms with van der Waals surface area (Å²) in [6.45, 7) is 3.79. The van der Waals surface area contributed by atoms with Crippen LogP contribution in [0.5, 0.6) is 5.75 Å². The summed E-state index contributed by atoms with van der Waals surface area (Å²) in [5.41, 5.74) is 5.67. The molecule has 1 aromatic rings. The van der Waals surface area contributed by atoms with Gasteiger partial charge in [-0.2, -0.15) is 0 Å². The first-order valence-corrected chi connectivity index (χ1v) is 5.13. The number of rotatable bonds is 3. The van der Waals surface area contributed by atoms with Crippen LogP contribution in [-0.4, -0.2) is 12.1 Å². The summed E-state index contributed by atoms with van der Waals surface area (Å²) in [5.74, 6) is 0.646. The molecule has 2 nitrogen and oxygen atoms in total. The maximum atomic E-state index is 5.82. The van der Waals surface area contributed by atoms with Gasteiger partial charge in [-0.05, 0) is 32.0 Å². The summed E-state index contributed by atoms with van der Waals surface area (Å²) in [7, 11) is 0. The van der Waals surface area contributed by atoms with Gasteiger partial charge in [-0.25, -0.2) is 0 Å². The first-order chi connectivity index (χ1) is 6.49. The van der Waals surface area contributed by atoms with Crippen LogP contribution >= 0.6 is 23.2 Å². The molecular weight excluding hydrogens is 221 g/mol. The molecule has 0 spiro atoms. The molecule has 0 aliphatic heterocycles. The average molecular weight is 234 g/mol. The second-order valence-corrected chi connectivity index (χ2v) is 4.16. The number of ether oxygens (including phenoxy) is 1. The molecular formula is C10H13Cl2NO. The first kappa shape index (κ1) is 11.6. The molecule has 2 unspecified atom stereocenters. The maximum absolute atomic E-state index is 5.82. The monoisotopic (exact) mass is 233 g/mol. The molecule has 0 amide bonds. The molecule has 1 aromatic carbocycles. The molecule has 14 heavy (non-hydrogen) atoms. The zero-order chi connectivity index (χ0) is 10.7. The number of benzene rings is 1. The van der Waals surface area contributed by atoms with Crippen LogP contribution in [0.1, 0.15) is 13.8 Å². The molecule has 0 aliphatic carbocycles. The van der Waals surface area contributed by atoms with Gasteiger partial charge >= 0.3 is 0 Å². The average Bonchev–Trinajstić information content (AvgIpc) is 2.01. The lowest BCUT2D eigenvalue weighted by Gasteiger charge is -2.18. The Hall–Kier alpha value is -0.440. The largest absolute Gasteiger partial charge is 0.489 e. The van der Waals surface area contributed by atoms with Gasteiger partial charge in [0.1, 0.15) is 11.9 Å². The van der Waals surface area contributed by atoms with Crippen molar-refractivity contribution >= 4 is 23.2 Å². The fourth-order valence-electron chi connectivity index (χ4n) is 0.919. The van der Waals surface area contributed by atoms with Crippen LogP contribution in [0.25, 0.3) is 0 Å². The molecule has 0 aliphatic rings. The minimum atomic E-state index is -0.0652. The maximum Gasteiger partial charge on any atom is 0.122 e. The fourth-order valence-corrected chi connectivity index (χ4v) is 1.42. The summed E-state index contributed by atoms with van der Waals surface area (Å²) in [5, 5.41) is 1.12. The van der Waals surface area contributed by atoms with Crippen LogP contribution in [0.4, 0.5) is 0 Å². The van der Waals surface area contributed by atoms with Crippen LogP contribution in [0, 0.1) is 0 Å². The highest BCUT2D eigenvalue weighted by molar-refractivity contribution is 6.34. The van der Waals surface area contributed by atoms with Gasteiger partial charge in [0, 0.05) is 16.1 Å². The molecule has 0 heterocycles. The lowest BCUT2D eigenvalue weighted by molar-refractivity contribution is 0.197. The Kier molecular flexibility index (Phi) is 4.05. The summed E-state index contributed by atoms with van der Waals surface area (Å²) >= 11 is 11.6.